The molecule has 0 aromatic heterocycles. The summed E-state index contributed by atoms with van der Waals surface area (Å²) in [5, 5.41) is 5.01. The van der Waals surface area contributed by atoms with E-state index in [1.807, 2.05) is 18.2 Å². The molecule has 1 aromatic carbocycles. The molecule has 0 aliphatic rings. The van der Waals surface area contributed by atoms with Gasteiger partial charge in [-0.3, -0.25) is 4.90 Å². The molecule has 0 amide bonds. The van der Waals surface area contributed by atoms with Crippen LogP contribution >= 0.6 is 23.2 Å². The van der Waals surface area contributed by atoms with E-state index in [0.717, 1.165) is 28.7 Å². The van der Waals surface area contributed by atoms with Gasteiger partial charge in [0.05, 0.1) is 0 Å². The maximum atomic E-state index is 6.22. The first kappa shape index (κ1) is 17.8. The van der Waals surface area contributed by atoms with Crippen LogP contribution in [0.15, 0.2) is 18.2 Å². The summed E-state index contributed by atoms with van der Waals surface area (Å²) in [5.41, 5.74) is 1.06. The average Bonchev–Trinajstić information content (AvgIpc) is 2.36. The Balaban J connectivity index is 2.55. The van der Waals surface area contributed by atoms with E-state index in [4.69, 9.17) is 23.2 Å². The Morgan fingerprint density at radius 3 is 2.20 bits per heavy atom. The predicted octanol–water partition coefficient (Wildman–Crippen LogP) is 4.76. The summed E-state index contributed by atoms with van der Waals surface area (Å²) in [7, 11) is 0. The van der Waals surface area contributed by atoms with Gasteiger partial charge < -0.3 is 5.32 Å². The van der Waals surface area contributed by atoms with E-state index in [2.05, 4.69) is 44.8 Å². The Kier molecular flexibility index (Phi) is 7.32. The molecule has 0 bridgehead atoms. The molecule has 114 valence electrons. The predicted molar refractivity (Wildman–Crippen MR) is 89.9 cm³/mol. The second-order valence-corrected chi connectivity index (χ2v) is 6.61. The molecule has 20 heavy (non-hydrogen) atoms. The van der Waals surface area contributed by atoms with Gasteiger partial charge in [-0.1, -0.05) is 23.2 Å². The number of nitrogens with zero attached hydrogens (tertiary/aromatic N) is 1. The molecule has 1 aromatic rings. The molecule has 0 saturated heterocycles. The number of nitrogens with one attached hydrogen (secondary N) is 1. The highest BCUT2D eigenvalue weighted by Gasteiger charge is 2.14. The van der Waals surface area contributed by atoms with Crippen molar-refractivity contribution < 1.29 is 0 Å². The minimum atomic E-state index is 0.197. The highest BCUT2D eigenvalue weighted by molar-refractivity contribution is 6.33. The fourth-order valence-electron chi connectivity index (χ4n) is 2.48. The van der Waals surface area contributed by atoms with Crippen molar-refractivity contribution in [3.63, 3.8) is 0 Å². The van der Waals surface area contributed by atoms with Crippen LogP contribution in [0.5, 0.6) is 0 Å². The number of benzene rings is 1. The Hall–Kier alpha value is -0.280. The third-order valence-electron chi connectivity index (χ3n) is 3.57. The Morgan fingerprint density at radius 1 is 1.05 bits per heavy atom. The molecule has 1 rings (SSSR count). The summed E-state index contributed by atoms with van der Waals surface area (Å²) in [4.78, 5) is 2.47. The van der Waals surface area contributed by atoms with Gasteiger partial charge in [0.15, 0.2) is 0 Å². The SMILES string of the molecule is CC(NCCN(C(C)C)C(C)C)c1cc(Cl)ccc1Cl. The average molecular weight is 317 g/mol. The molecule has 0 spiro atoms. The van der Waals surface area contributed by atoms with Crippen molar-refractivity contribution in [1.29, 1.82) is 0 Å². The van der Waals surface area contributed by atoms with Gasteiger partial charge in [-0.25, -0.2) is 0 Å². The molecule has 1 unspecified atom stereocenters. The number of hydrogen-bond donors (Lipinski definition) is 1. The third kappa shape index (κ3) is 5.25. The smallest absolute Gasteiger partial charge is 0.0454 e. The van der Waals surface area contributed by atoms with Crippen LogP contribution in [0.1, 0.15) is 46.2 Å². The molecule has 0 radical (unpaired) electrons. The van der Waals surface area contributed by atoms with E-state index in [1.165, 1.54) is 0 Å². The highest BCUT2D eigenvalue weighted by atomic mass is 35.5. The van der Waals surface area contributed by atoms with Crippen LogP contribution in [0.25, 0.3) is 0 Å². The zero-order valence-corrected chi connectivity index (χ0v) is 14.6. The van der Waals surface area contributed by atoms with Crippen molar-refractivity contribution in [2.45, 2.75) is 52.7 Å². The summed E-state index contributed by atoms with van der Waals surface area (Å²) >= 11 is 12.3. The lowest BCUT2D eigenvalue weighted by Crippen LogP contribution is -2.41. The van der Waals surface area contributed by atoms with Crippen LogP contribution in [0.4, 0.5) is 0 Å². The van der Waals surface area contributed by atoms with Crippen molar-refractivity contribution in [2.24, 2.45) is 0 Å². The fourth-order valence-corrected chi connectivity index (χ4v) is 2.94. The zero-order valence-electron chi connectivity index (χ0n) is 13.1. The van der Waals surface area contributed by atoms with Crippen molar-refractivity contribution in [2.75, 3.05) is 13.1 Å². The monoisotopic (exact) mass is 316 g/mol. The number of halogens is 2. The summed E-state index contributed by atoms with van der Waals surface area (Å²) < 4.78 is 0. The van der Waals surface area contributed by atoms with Gasteiger partial charge in [0, 0.05) is 41.3 Å². The van der Waals surface area contributed by atoms with E-state index < -0.39 is 0 Å². The highest BCUT2D eigenvalue weighted by Crippen LogP contribution is 2.26. The lowest BCUT2D eigenvalue weighted by atomic mass is 10.1. The Morgan fingerprint density at radius 2 is 1.65 bits per heavy atom. The molecule has 0 fully saturated rings. The Bertz CT molecular complexity index is 411. The van der Waals surface area contributed by atoms with E-state index in [1.54, 1.807) is 0 Å². The topological polar surface area (TPSA) is 15.3 Å². The fraction of sp³-hybridized carbons (Fsp3) is 0.625. The molecule has 2 nitrogen and oxygen atoms in total. The normalized spacial score (nSPS) is 13.5. The van der Waals surface area contributed by atoms with E-state index >= 15 is 0 Å². The standard InChI is InChI=1S/C16H26Cl2N2/c1-11(2)20(12(3)4)9-8-19-13(5)15-10-14(17)6-7-16(15)18/h6-7,10-13,19H,8-9H2,1-5H3. The van der Waals surface area contributed by atoms with Crippen molar-refractivity contribution in [1.82, 2.24) is 10.2 Å². The molecule has 0 heterocycles. The lowest BCUT2D eigenvalue weighted by Gasteiger charge is -2.31. The van der Waals surface area contributed by atoms with Crippen molar-refractivity contribution in [3.05, 3.63) is 33.8 Å². The largest absolute Gasteiger partial charge is 0.309 e. The molecule has 0 aliphatic heterocycles. The molecule has 0 saturated carbocycles. The van der Waals surface area contributed by atoms with E-state index in [0.29, 0.717) is 12.1 Å². The first-order valence-corrected chi connectivity index (χ1v) is 8.02. The zero-order chi connectivity index (χ0) is 15.3. The van der Waals surface area contributed by atoms with Gasteiger partial charge in [-0.2, -0.15) is 0 Å². The van der Waals surface area contributed by atoms with Gasteiger partial charge in [0.25, 0.3) is 0 Å². The van der Waals surface area contributed by atoms with E-state index in [9.17, 15) is 0 Å². The van der Waals surface area contributed by atoms with Crippen LogP contribution in [-0.2, 0) is 0 Å². The van der Waals surface area contributed by atoms with Crippen LogP contribution < -0.4 is 5.32 Å². The van der Waals surface area contributed by atoms with Crippen molar-refractivity contribution >= 4 is 23.2 Å². The Labute approximate surface area is 133 Å². The maximum absolute atomic E-state index is 6.22. The maximum Gasteiger partial charge on any atom is 0.0454 e. The second kappa shape index (κ2) is 8.23. The number of hydrogen-bond acceptors (Lipinski definition) is 2. The quantitative estimate of drug-likeness (QED) is 0.780. The van der Waals surface area contributed by atoms with Gasteiger partial charge >= 0.3 is 0 Å². The molecule has 0 aliphatic carbocycles. The van der Waals surface area contributed by atoms with Gasteiger partial charge in [-0.05, 0) is 58.4 Å². The lowest BCUT2D eigenvalue weighted by molar-refractivity contribution is 0.174. The van der Waals surface area contributed by atoms with Crippen molar-refractivity contribution in [3.8, 4) is 0 Å². The van der Waals surface area contributed by atoms with Crippen LogP contribution in [0.2, 0.25) is 10.0 Å². The van der Waals surface area contributed by atoms with E-state index in [-0.39, 0.29) is 6.04 Å². The summed E-state index contributed by atoms with van der Waals surface area (Å²) in [5.74, 6) is 0. The van der Waals surface area contributed by atoms with Crippen LogP contribution in [-0.4, -0.2) is 30.1 Å². The molecule has 1 N–H and O–H groups in total. The van der Waals surface area contributed by atoms with Gasteiger partial charge in [0.1, 0.15) is 0 Å². The summed E-state index contributed by atoms with van der Waals surface area (Å²) in [6, 6.07) is 6.92. The minimum absolute atomic E-state index is 0.197. The van der Waals surface area contributed by atoms with Crippen LogP contribution in [0, 0.1) is 0 Å². The number of rotatable bonds is 7. The van der Waals surface area contributed by atoms with Gasteiger partial charge in [0.2, 0.25) is 0 Å². The molecular weight excluding hydrogens is 291 g/mol. The second-order valence-electron chi connectivity index (χ2n) is 5.77. The van der Waals surface area contributed by atoms with Gasteiger partial charge in [-0.15, -0.1) is 0 Å². The first-order valence-electron chi connectivity index (χ1n) is 7.27. The first-order chi connectivity index (χ1) is 9.32. The molecular formula is C16H26Cl2N2. The third-order valence-corrected chi connectivity index (χ3v) is 4.15. The summed E-state index contributed by atoms with van der Waals surface area (Å²) in [6.07, 6.45) is 0. The summed E-state index contributed by atoms with van der Waals surface area (Å²) in [6.45, 7) is 13.0. The molecule has 1 atom stereocenters. The minimum Gasteiger partial charge on any atom is -0.309 e. The van der Waals surface area contributed by atoms with Crippen LogP contribution in [0.3, 0.4) is 0 Å². The molecule has 4 heteroatoms.